The van der Waals surface area contributed by atoms with Crippen molar-refractivity contribution in [1.82, 2.24) is 14.5 Å². The lowest BCUT2D eigenvalue weighted by molar-refractivity contribution is 0.443. The van der Waals surface area contributed by atoms with Crippen LogP contribution in [0.1, 0.15) is 38.4 Å². The third-order valence-corrected chi connectivity index (χ3v) is 4.75. The standard InChI is InChI=1S/C14H16F3N3O2S/c1-8(2)20-7-11(6-18-20)23(21,22)19-9(3)10-4-12(15)14(17)13(16)5-10/h4-9,19H,1-3H3/t9-/m0/s1. The minimum Gasteiger partial charge on any atom is -0.269 e. The summed E-state index contributed by atoms with van der Waals surface area (Å²) in [5, 5.41) is 3.93. The first-order valence-electron chi connectivity index (χ1n) is 6.82. The molecular formula is C14H16F3N3O2S. The van der Waals surface area contributed by atoms with Crippen LogP contribution in [0.2, 0.25) is 0 Å². The molecule has 0 aliphatic heterocycles. The maximum atomic E-state index is 13.2. The van der Waals surface area contributed by atoms with Crippen molar-refractivity contribution in [2.75, 3.05) is 0 Å². The molecule has 9 heteroatoms. The van der Waals surface area contributed by atoms with E-state index in [4.69, 9.17) is 0 Å². The van der Waals surface area contributed by atoms with Gasteiger partial charge in [-0.3, -0.25) is 4.68 Å². The zero-order valence-corrected chi connectivity index (χ0v) is 13.5. The number of benzene rings is 1. The van der Waals surface area contributed by atoms with Gasteiger partial charge in [0, 0.05) is 18.3 Å². The number of nitrogens with one attached hydrogen (secondary N) is 1. The number of hydrogen-bond acceptors (Lipinski definition) is 3. The summed E-state index contributed by atoms with van der Waals surface area (Å²) < 4.78 is 67.7. The van der Waals surface area contributed by atoms with Gasteiger partial charge < -0.3 is 0 Å². The maximum absolute atomic E-state index is 13.2. The molecule has 0 unspecified atom stereocenters. The van der Waals surface area contributed by atoms with Crippen LogP contribution in [-0.4, -0.2) is 18.2 Å². The van der Waals surface area contributed by atoms with Gasteiger partial charge in [0.2, 0.25) is 10.0 Å². The second-order valence-corrected chi connectivity index (χ2v) is 7.11. The molecule has 23 heavy (non-hydrogen) atoms. The predicted molar refractivity (Wildman–Crippen MR) is 77.7 cm³/mol. The summed E-state index contributed by atoms with van der Waals surface area (Å²) >= 11 is 0. The molecule has 0 spiro atoms. The summed E-state index contributed by atoms with van der Waals surface area (Å²) in [5.41, 5.74) is -0.0266. The molecule has 0 amide bonds. The van der Waals surface area contributed by atoms with Crippen molar-refractivity contribution in [3.63, 3.8) is 0 Å². The Balaban J connectivity index is 2.26. The Bertz CT molecular complexity index is 795. The quantitative estimate of drug-likeness (QED) is 0.846. The summed E-state index contributed by atoms with van der Waals surface area (Å²) in [7, 11) is -3.93. The zero-order valence-electron chi connectivity index (χ0n) is 12.7. The molecule has 1 N–H and O–H groups in total. The fourth-order valence-corrected chi connectivity index (χ4v) is 3.11. The van der Waals surface area contributed by atoms with E-state index in [2.05, 4.69) is 9.82 Å². The van der Waals surface area contributed by atoms with E-state index in [-0.39, 0.29) is 16.5 Å². The Kier molecular flexibility index (Phi) is 4.81. The average Bonchev–Trinajstić information content (AvgIpc) is 2.94. The fourth-order valence-electron chi connectivity index (χ4n) is 1.94. The zero-order chi connectivity index (χ0) is 17.4. The van der Waals surface area contributed by atoms with Crippen LogP contribution in [-0.2, 0) is 10.0 Å². The van der Waals surface area contributed by atoms with E-state index < -0.39 is 33.5 Å². The lowest BCUT2D eigenvalue weighted by Gasteiger charge is -2.14. The number of aromatic nitrogens is 2. The van der Waals surface area contributed by atoms with Gasteiger partial charge in [0.1, 0.15) is 4.90 Å². The summed E-state index contributed by atoms with van der Waals surface area (Å²) in [6, 6.07) is 0.537. The van der Waals surface area contributed by atoms with Gasteiger partial charge in [0.15, 0.2) is 17.5 Å². The first kappa shape index (κ1) is 17.5. The molecule has 0 saturated heterocycles. The van der Waals surface area contributed by atoms with E-state index in [1.54, 1.807) is 0 Å². The Morgan fingerprint density at radius 3 is 2.17 bits per heavy atom. The molecule has 126 valence electrons. The molecule has 5 nitrogen and oxygen atoms in total. The van der Waals surface area contributed by atoms with E-state index in [9.17, 15) is 21.6 Å². The molecule has 0 radical (unpaired) electrons. The first-order chi connectivity index (χ1) is 10.6. The van der Waals surface area contributed by atoms with Gasteiger partial charge in [-0.15, -0.1) is 0 Å². The highest BCUT2D eigenvalue weighted by molar-refractivity contribution is 7.89. The summed E-state index contributed by atoms with van der Waals surface area (Å²) in [4.78, 5) is -0.0684. The average molecular weight is 347 g/mol. The third kappa shape index (κ3) is 3.73. The van der Waals surface area contributed by atoms with Gasteiger partial charge in [0.25, 0.3) is 0 Å². The minimum atomic E-state index is -3.93. The summed E-state index contributed by atoms with van der Waals surface area (Å²) in [5.74, 6) is -4.35. The molecule has 2 aromatic rings. The van der Waals surface area contributed by atoms with Crippen molar-refractivity contribution >= 4 is 10.0 Å². The smallest absolute Gasteiger partial charge is 0.244 e. The Morgan fingerprint density at radius 1 is 1.13 bits per heavy atom. The van der Waals surface area contributed by atoms with Gasteiger partial charge in [-0.05, 0) is 38.5 Å². The number of nitrogens with zero attached hydrogens (tertiary/aromatic N) is 2. The van der Waals surface area contributed by atoms with Crippen LogP contribution in [0.25, 0.3) is 0 Å². The topological polar surface area (TPSA) is 64.0 Å². The highest BCUT2D eigenvalue weighted by Gasteiger charge is 2.22. The predicted octanol–water partition coefficient (Wildman–Crippen LogP) is 2.92. The highest BCUT2D eigenvalue weighted by Crippen LogP contribution is 2.21. The number of rotatable bonds is 5. The van der Waals surface area contributed by atoms with Crippen molar-refractivity contribution in [2.45, 2.75) is 37.8 Å². The number of hydrogen-bond donors (Lipinski definition) is 1. The van der Waals surface area contributed by atoms with E-state index >= 15 is 0 Å². The fraction of sp³-hybridized carbons (Fsp3) is 0.357. The minimum absolute atomic E-state index is 0.0170. The van der Waals surface area contributed by atoms with Gasteiger partial charge in [-0.1, -0.05) is 0 Å². The molecule has 0 bridgehead atoms. The van der Waals surface area contributed by atoms with Gasteiger partial charge in [0.05, 0.1) is 6.20 Å². The lowest BCUT2D eigenvalue weighted by Crippen LogP contribution is -2.27. The molecule has 1 aromatic carbocycles. The number of sulfonamides is 1. The Morgan fingerprint density at radius 2 is 1.70 bits per heavy atom. The van der Waals surface area contributed by atoms with Crippen molar-refractivity contribution < 1.29 is 21.6 Å². The van der Waals surface area contributed by atoms with Crippen LogP contribution >= 0.6 is 0 Å². The molecule has 1 heterocycles. The lowest BCUT2D eigenvalue weighted by atomic mass is 10.1. The van der Waals surface area contributed by atoms with Gasteiger partial charge in [-0.25, -0.2) is 26.3 Å². The molecule has 0 saturated carbocycles. The van der Waals surface area contributed by atoms with Crippen molar-refractivity contribution in [3.8, 4) is 0 Å². The van der Waals surface area contributed by atoms with Crippen LogP contribution in [0, 0.1) is 17.5 Å². The maximum Gasteiger partial charge on any atom is 0.244 e. The van der Waals surface area contributed by atoms with Crippen molar-refractivity contribution in [2.24, 2.45) is 0 Å². The van der Waals surface area contributed by atoms with Crippen molar-refractivity contribution in [1.29, 1.82) is 0 Å². The first-order valence-corrected chi connectivity index (χ1v) is 8.31. The van der Waals surface area contributed by atoms with E-state index in [0.717, 1.165) is 12.1 Å². The second-order valence-electron chi connectivity index (χ2n) is 5.39. The highest BCUT2D eigenvalue weighted by atomic mass is 32.2. The van der Waals surface area contributed by atoms with Gasteiger partial charge in [-0.2, -0.15) is 5.10 Å². The molecule has 0 aliphatic rings. The van der Waals surface area contributed by atoms with Gasteiger partial charge >= 0.3 is 0 Å². The Labute approximate surface area is 132 Å². The third-order valence-electron chi connectivity index (χ3n) is 3.26. The summed E-state index contributed by atoms with van der Waals surface area (Å²) in [6.45, 7) is 5.07. The molecular weight excluding hydrogens is 331 g/mol. The molecule has 0 fully saturated rings. The second kappa shape index (κ2) is 6.32. The van der Waals surface area contributed by atoms with Crippen LogP contribution in [0.3, 0.4) is 0 Å². The monoisotopic (exact) mass is 347 g/mol. The number of halogens is 3. The molecule has 0 aliphatic carbocycles. The summed E-state index contributed by atoms with van der Waals surface area (Å²) in [6.07, 6.45) is 2.53. The van der Waals surface area contributed by atoms with Crippen molar-refractivity contribution in [3.05, 3.63) is 47.5 Å². The van der Waals surface area contributed by atoms with E-state index in [0.29, 0.717) is 0 Å². The largest absolute Gasteiger partial charge is 0.269 e. The Hall–Kier alpha value is -1.87. The molecule has 1 aromatic heterocycles. The van der Waals surface area contributed by atoms with E-state index in [1.807, 2.05) is 13.8 Å². The SMILES string of the molecule is CC(C)n1cc(S(=O)(=O)N[C@@H](C)c2cc(F)c(F)c(F)c2)cn1. The van der Waals surface area contributed by atoms with Crippen LogP contribution in [0.5, 0.6) is 0 Å². The molecule has 1 atom stereocenters. The van der Waals surface area contributed by atoms with Crippen LogP contribution in [0.15, 0.2) is 29.4 Å². The normalized spacial score (nSPS) is 13.5. The molecule has 2 rings (SSSR count). The van der Waals surface area contributed by atoms with Crippen LogP contribution < -0.4 is 4.72 Å². The van der Waals surface area contributed by atoms with E-state index in [1.165, 1.54) is 24.0 Å². The van der Waals surface area contributed by atoms with Crippen LogP contribution in [0.4, 0.5) is 13.2 Å².